The van der Waals surface area contributed by atoms with Gasteiger partial charge < -0.3 is 10.1 Å². The van der Waals surface area contributed by atoms with E-state index in [1.165, 1.54) is 0 Å². The van der Waals surface area contributed by atoms with Crippen LogP contribution in [0.25, 0.3) is 6.08 Å². The highest BCUT2D eigenvalue weighted by atomic mass is 16.4. The summed E-state index contributed by atoms with van der Waals surface area (Å²) in [7, 11) is 0. The van der Waals surface area contributed by atoms with Crippen LogP contribution in [-0.2, 0) is 0 Å². The fourth-order valence-electron chi connectivity index (χ4n) is 1.46. The molecular formula is C9H9NO2. The second-order valence-electron chi connectivity index (χ2n) is 3.00. The molecule has 2 N–H and O–H groups in total. The zero-order valence-electron chi connectivity index (χ0n) is 6.66. The van der Waals surface area contributed by atoms with E-state index in [1.54, 1.807) is 6.07 Å². The Morgan fingerprint density at radius 2 is 2.42 bits per heavy atom. The van der Waals surface area contributed by atoms with E-state index < -0.39 is 5.97 Å². The molecule has 0 spiro atoms. The molecule has 1 heterocycles. The third-order valence-electron chi connectivity index (χ3n) is 2.13. The number of H-pyrrole nitrogens is 1. The molecule has 0 saturated heterocycles. The van der Waals surface area contributed by atoms with Crippen molar-refractivity contribution in [1.29, 1.82) is 0 Å². The molecule has 1 aliphatic rings. The van der Waals surface area contributed by atoms with Crippen molar-refractivity contribution in [1.82, 2.24) is 4.98 Å². The van der Waals surface area contributed by atoms with Crippen molar-refractivity contribution in [3.63, 3.8) is 0 Å². The van der Waals surface area contributed by atoms with Gasteiger partial charge in [-0.25, -0.2) is 4.79 Å². The predicted molar refractivity (Wildman–Crippen MR) is 45.2 cm³/mol. The molecule has 3 nitrogen and oxygen atoms in total. The largest absolute Gasteiger partial charge is 0.477 e. The van der Waals surface area contributed by atoms with E-state index >= 15 is 0 Å². The van der Waals surface area contributed by atoms with Gasteiger partial charge in [0, 0.05) is 11.6 Å². The van der Waals surface area contributed by atoms with Gasteiger partial charge in [-0.3, -0.25) is 0 Å². The van der Waals surface area contributed by atoms with Crippen molar-refractivity contribution in [3.8, 4) is 0 Å². The molecule has 0 aromatic carbocycles. The normalized spacial score (nSPS) is 19.6. The van der Waals surface area contributed by atoms with Crippen molar-refractivity contribution in [2.24, 2.45) is 0 Å². The van der Waals surface area contributed by atoms with Gasteiger partial charge >= 0.3 is 5.97 Å². The van der Waals surface area contributed by atoms with Crippen LogP contribution in [0.15, 0.2) is 12.1 Å². The Balaban J connectivity index is 2.49. The van der Waals surface area contributed by atoms with Crippen LogP contribution in [0, 0.1) is 0 Å². The van der Waals surface area contributed by atoms with E-state index in [0.717, 1.165) is 11.3 Å². The Hall–Kier alpha value is -1.51. The number of carboxylic acids is 1. The number of carbonyl (C=O) groups is 1. The van der Waals surface area contributed by atoms with Gasteiger partial charge in [0.1, 0.15) is 5.69 Å². The first kappa shape index (κ1) is 7.16. The van der Waals surface area contributed by atoms with E-state index in [9.17, 15) is 4.79 Å². The van der Waals surface area contributed by atoms with E-state index in [2.05, 4.69) is 4.98 Å². The van der Waals surface area contributed by atoms with Gasteiger partial charge in [0.25, 0.3) is 0 Å². The summed E-state index contributed by atoms with van der Waals surface area (Å²) < 4.78 is 0. The number of rotatable bonds is 1. The molecule has 0 aliphatic heterocycles. The van der Waals surface area contributed by atoms with E-state index in [0.29, 0.717) is 5.92 Å². The molecule has 12 heavy (non-hydrogen) atoms. The standard InChI is InChI=1S/C9H9NO2/c1-5-2-3-6-4-7(9(11)12)10-8(5)6/h2-5,10H,1H3,(H,11,12)/t5-/m1/s1. The summed E-state index contributed by atoms with van der Waals surface area (Å²) in [6, 6.07) is 1.66. The fourth-order valence-corrected chi connectivity index (χ4v) is 1.46. The second kappa shape index (κ2) is 2.24. The summed E-state index contributed by atoms with van der Waals surface area (Å²) in [5, 5.41) is 8.67. The molecule has 62 valence electrons. The fraction of sp³-hybridized carbons (Fsp3) is 0.222. The van der Waals surface area contributed by atoms with Gasteiger partial charge in [-0.1, -0.05) is 19.1 Å². The Bertz CT molecular complexity index is 363. The van der Waals surface area contributed by atoms with Gasteiger partial charge in [-0.15, -0.1) is 0 Å². The third kappa shape index (κ3) is 0.863. The number of carboxylic acid groups (broad SMARTS) is 1. The molecule has 0 radical (unpaired) electrons. The molecule has 0 saturated carbocycles. The van der Waals surface area contributed by atoms with Gasteiger partial charge in [-0.05, 0) is 11.6 Å². The van der Waals surface area contributed by atoms with Crippen LogP contribution < -0.4 is 0 Å². The average molecular weight is 163 g/mol. The lowest BCUT2D eigenvalue weighted by molar-refractivity contribution is 0.0691. The number of hydrogen-bond donors (Lipinski definition) is 2. The van der Waals surface area contributed by atoms with E-state index in [1.807, 2.05) is 19.1 Å². The highest BCUT2D eigenvalue weighted by Gasteiger charge is 2.18. The number of fused-ring (bicyclic) bond motifs is 1. The van der Waals surface area contributed by atoms with Crippen LogP contribution in [0.2, 0.25) is 0 Å². The maximum Gasteiger partial charge on any atom is 0.352 e. The summed E-state index contributed by atoms with van der Waals surface area (Å²) in [4.78, 5) is 13.4. The molecule has 2 rings (SSSR count). The topological polar surface area (TPSA) is 53.1 Å². The van der Waals surface area contributed by atoms with Crippen molar-refractivity contribution in [2.45, 2.75) is 12.8 Å². The maximum absolute atomic E-state index is 10.6. The number of aromatic amines is 1. The average Bonchev–Trinajstić information content (AvgIpc) is 2.53. The summed E-state index contributed by atoms with van der Waals surface area (Å²) in [5.74, 6) is -0.585. The molecule has 0 amide bonds. The number of nitrogens with one attached hydrogen (secondary N) is 1. The minimum absolute atomic E-state index is 0.274. The molecular weight excluding hydrogens is 154 g/mol. The molecule has 1 aromatic heterocycles. The highest BCUT2D eigenvalue weighted by molar-refractivity contribution is 5.87. The third-order valence-corrected chi connectivity index (χ3v) is 2.13. The second-order valence-corrected chi connectivity index (χ2v) is 3.00. The summed E-state index contributed by atoms with van der Waals surface area (Å²) >= 11 is 0. The lowest BCUT2D eigenvalue weighted by Gasteiger charge is -1.97. The maximum atomic E-state index is 10.6. The van der Waals surface area contributed by atoms with Crippen LogP contribution in [-0.4, -0.2) is 16.1 Å². The molecule has 1 aliphatic carbocycles. The van der Waals surface area contributed by atoms with Crippen LogP contribution in [0.5, 0.6) is 0 Å². The monoisotopic (exact) mass is 163 g/mol. The van der Waals surface area contributed by atoms with Crippen LogP contribution in [0.4, 0.5) is 0 Å². The predicted octanol–water partition coefficient (Wildman–Crippen LogP) is 1.84. The van der Waals surface area contributed by atoms with E-state index in [-0.39, 0.29) is 5.69 Å². The molecule has 3 heteroatoms. The molecule has 0 fully saturated rings. The van der Waals surface area contributed by atoms with Crippen LogP contribution >= 0.6 is 0 Å². The quantitative estimate of drug-likeness (QED) is 0.663. The lowest BCUT2D eigenvalue weighted by Crippen LogP contribution is -1.97. The Morgan fingerprint density at radius 3 is 3.00 bits per heavy atom. The zero-order chi connectivity index (χ0) is 8.72. The molecule has 1 aromatic rings. The summed E-state index contributed by atoms with van der Waals surface area (Å²) in [6.45, 7) is 2.03. The molecule has 0 unspecified atom stereocenters. The SMILES string of the molecule is C[C@@H]1C=Cc2cc(C(=O)O)[nH]c21. The Kier molecular flexibility index (Phi) is 1.33. The van der Waals surface area contributed by atoms with Crippen molar-refractivity contribution in [3.05, 3.63) is 29.1 Å². The molecule has 1 atom stereocenters. The van der Waals surface area contributed by atoms with Crippen molar-refractivity contribution in [2.75, 3.05) is 0 Å². The number of allylic oxidation sites excluding steroid dienone is 1. The van der Waals surface area contributed by atoms with Crippen molar-refractivity contribution >= 4 is 12.0 Å². The minimum atomic E-state index is -0.898. The smallest absolute Gasteiger partial charge is 0.352 e. The summed E-state index contributed by atoms with van der Waals surface area (Å²) in [6.07, 6.45) is 4.00. The van der Waals surface area contributed by atoms with Gasteiger partial charge in [0.2, 0.25) is 0 Å². The minimum Gasteiger partial charge on any atom is -0.477 e. The first-order valence-corrected chi connectivity index (χ1v) is 3.83. The number of hydrogen-bond acceptors (Lipinski definition) is 1. The lowest BCUT2D eigenvalue weighted by atomic mass is 10.1. The first-order chi connectivity index (χ1) is 5.68. The van der Waals surface area contributed by atoms with E-state index in [4.69, 9.17) is 5.11 Å². The van der Waals surface area contributed by atoms with Crippen molar-refractivity contribution < 1.29 is 9.90 Å². The molecule has 0 bridgehead atoms. The summed E-state index contributed by atoms with van der Waals surface area (Å²) in [5.41, 5.74) is 2.28. The Morgan fingerprint density at radius 1 is 1.67 bits per heavy atom. The Labute approximate surface area is 69.7 Å². The first-order valence-electron chi connectivity index (χ1n) is 3.83. The van der Waals surface area contributed by atoms with Crippen LogP contribution in [0.3, 0.4) is 0 Å². The zero-order valence-corrected chi connectivity index (χ0v) is 6.66. The number of aromatic carboxylic acids is 1. The van der Waals surface area contributed by atoms with Gasteiger partial charge in [0.05, 0.1) is 0 Å². The highest BCUT2D eigenvalue weighted by Crippen LogP contribution is 2.29. The van der Waals surface area contributed by atoms with Gasteiger partial charge in [0.15, 0.2) is 0 Å². The number of aromatic nitrogens is 1. The van der Waals surface area contributed by atoms with Crippen LogP contribution in [0.1, 0.15) is 34.6 Å². The van der Waals surface area contributed by atoms with Gasteiger partial charge in [-0.2, -0.15) is 0 Å².